The van der Waals surface area contributed by atoms with Crippen LogP contribution in [0.15, 0.2) is 212 Å². The van der Waals surface area contributed by atoms with E-state index >= 15 is 0 Å². The van der Waals surface area contributed by atoms with Crippen LogP contribution in [0.4, 0.5) is 17.1 Å². The number of rotatable bonds is 4. The first kappa shape index (κ1) is 33.5. The molecule has 2 heteroatoms. The highest BCUT2D eigenvalue weighted by Gasteiger charge is 2.48. The van der Waals surface area contributed by atoms with E-state index in [1.807, 2.05) is 0 Å². The Balaban J connectivity index is 1.14. The van der Waals surface area contributed by atoms with Gasteiger partial charge in [0.2, 0.25) is 0 Å². The van der Waals surface area contributed by atoms with Crippen molar-refractivity contribution in [2.45, 2.75) is 5.41 Å². The van der Waals surface area contributed by atoms with Crippen LogP contribution in [0.5, 0.6) is 11.5 Å². The number of para-hydroxylation sites is 2. The zero-order chi connectivity index (χ0) is 38.9. The van der Waals surface area contributed by atoms with Crippen molar-refractivity contribution in [2.24, 2.45) is 0 Å². The molecule has 1 heterocycles. The molecule has 12 rings (SSSR count). The third-order valence-electron chi connectivity index (χ3n) is 12.5. The van der Waals surface area contributed by atoms with Crippen LogP contribution in [0.3, 0.4) is 0 Å². The van der Waals surface area contributed by atoms with Crippen LogP contribution >= 0.6 is 0 Å². The van der Waals surface area contributed by atoms with Gasteiger partial charge in [0.05, 0.1) is 11.1 Å². The number of ether oxygens (including phenoxy) is 1. The zero-order valence-electron chi connectivity index (χ0n) is 32.2. The Morgan fingerprint density at radius 3 is 1.59 bits per heavy atom. The lowest BCUT2D eigenvalue weighted by molar-refractivity contribution is 0.489. The predicted molar refractivity (Wildman–Crippen MR) is 244 cm³/mol. The first-order valence-corrected chi connectivity index (χ1v) is 20.3. The molecule has 3 aliphatic rings. The van der Waals surface area contributed by atoms with Crippen molar-refractivity contribution in [1.29, 1.82) is 0 Å². The van der Waals surface area contributed by atoms with Crippen molar-refractivity contribution in [1.82, 2.24) is 0 Å². The summed E-state index contributed by atoms with van der Waals surface area (Å²) >= 11 is 0. The standard InChI is InChI=1S/C57H37NO/c1-2-15-38(16-3-1)39-31-33-42(34-32-39)58(54-27-14-23-49-45-20-7-6-19-44(45)48-22-9-13-28-55(48)59-56(49)54)43-35-36-47-46-21-8-12-26-52(46)57(53(47)37-43)50-24-10-4-17-40(50)29-30-41-18-5-11-25-51(41)57/h1-37H. The molecule has 0 bridgehead atoms. The van der Waals surface area contributed by atoms with Crippen LogP contribution in [-0.2, 0) is 5.41 Å². The molecule has 0 atom stereocenters. The second-order valence-corrected chi connectivity index (χ2v) is 15.6. The largest absolute Gasteiger partial charge is 0.454 e. The molecule has 0 N–H and O–H groups in total. The first-order chi connectivity index (χ1) is 29.3. The number of fused-ring (bicyclic) bond motifs is 14. The third kappa shape index (κ3) is 5.00. The van der Waals surface area contributed by atoms with Gasteiger partial charge < -0.3 is 9.64 Å². The van der Waals surface area contributed by atoms with Gasteiger partial charge >= 0.3 is 0 Å². The van der Waals surface area contributed by atoms with Crippen LogP contribution in [0.2, 0.25) is 0 Å². The Hall–Kier alpha value is -7.68. The molecule has 2 nitrogen and oxygen atoms in total. The minimum atomic E-state index is -0.552. The maximum absolute atomic E-state index is 7.15. The van der Waals surface area contributed by atoms with E-state index < -0.39 is 5.41 Å². The van der Waals surface area contributed by atoms with Crippen molar-refractivity contribution >= 4 is 29.2 Å². The van der Waals surface area contributed by atoms with Gasteiger partial charge in [-0.05, 0) is 103 Å². The number of hydrogen-bond acceptors (Lipinski definition) is 2. The molecule has 276 valence electrons. The fraction of sp³-hybridized carbons (Fsp3) is 0.0175. The van der Waals surface area contributed by atoms with E-state index in [0.717, 1.165) is 50.8 Å². The number of hydrogen-bond donors (Lipinski definition) is 0. The molecule has 0 saturated heterocycles. The predicted octanol–water partition coefficient (Wildman–Crippen LogP) is 15.1. The highest BCUT2D eigenvalue weighted by molar-refractivity contribution is 5.97. The molecule has 1 aliphatic heterocycles. The van der Waals surface area contributed by atoms with E-state index in [9.17, 15) is 0 Å². The third-order valence-corrected chi connectivity index (χ3v) is 12.5. The van der Waals surface area contributed by atoms with E-state index in [4.69, 9.17) is 4.74 Å². The van der Waals surface area contributed by atoms with Gasteiger partial charge in [0, 0.05) is 22.5 Å². The molecular formula is C57H37NO. The lowest BCUT2D eigenvalue weighted by Crippen LogP contribution is -2.30. The molecular weight excluding hydrogens is 715 g/mol. The Bertz CT molecular complexity index is 3090. The van der Waals surface area contributed by atoms with Gasteiger partial charge in [-0.1, -0.05) is 188 Å². The van der Waals surface area contributed by atoms with Gasteiger partial charge in [0.15, 0.2) is 5.75 Å². The summed E-state index contributed by atoms with van der Waals surface area (Å²) in [6.45, 7) is 0. The van der Waals surface area contributed by atoms with Gasteiger partial charge in [-0.2, -0.15) is 0 Å². The Morgan fingerprint density at radius 1 is 0.339 bits per heavy atom. The fourth-order valence-corrected chi connectivity index (χ4v) is 10.0. The Labute approximate surface area is 344 Å². The summed E-state index contributed by atoms with van der Waals surface area (Å²) in [4.78, 5) is 2.40. The van der Waals surface area contributed by atoms with Gasteiger partial charge in [-0.15, -0.1) is 0 Å². The average molecular weight is 752 g/mol. The van der Waals surface area contributed by atoms with Gasteiger partial charge in [-0.3, -0.25) is 0 Å². The number of nitrogens with zero attached hydrogens (tertiary/aromatic N) is 1. The van der Waals surface area contributed by atoms with Crippen molar-refractivity contribution in [3.63, 3.8) is 0 Å². The summed E-state index contributed by atoms with van der Waals surface area (Å²) in [6.07, 6.45) is 4.58. The monoisotopic (exact) mass is 751 g/mol. The van der Waals surface area contributed by atoms with Crippen molar-refractivity contribution in [3.05, 3.63) is 246 Å². The quantitative estimate of drug-likeness (QED) is 0.178. The summed E-state index contributed by atoms with van der Waals surface area (Å²) in [5.41, 5.74) is 19.4. The van der Waals surface area contributed by atoms with E-state index in [1.165, 1.54) is 55.6 Å². The molecule has 59 heavy (non-hydrogen) atoms. The second kappa shape index (κ2) is 13.2. The average Bonchev–Trinajstić information content (AvgIpc) is 3.39. The molecule has 0 saturated carbocycles. The molecule has 0 aromatic heterocycles. The normalized spacial score (nSPS) is 13.3. The van der Waals surface area contributed by atoms with Crippen molar-refractivity contribution in [2.75, 3.05) is 4.90 Å². The first-order valence-electron chi connectivity index (χ1n) is 20.3. The minimum Gasteiger partial charge on any atom is -0.454 e. The highest BCUT2D eigenvalue weighted by Crippen LogP contribution is 2.60. The highest BCUT2D eigenvalue weighted by atomic mass is 16.5. The lowest BCUT2D eigenvalue weighted by atomic mass is 9.66. The van der Waals surface area contributed by atoms with E-state index in [0.29, 0.717) is 0 Å². The van der Waals surface area contributed by atoms with E-state index in [2.05, 4.69) is 229 Å². The Kier molecular flexibility index (Phi) is 7.48. The molecule has 0 amide bonds. The lowest BCUT2D eigenvalue weighted by Gasteiger charge is -2.36. The van der Waals surface area contributed by atoms with Gasteiger partial charge in [0.25, 0.3) is 0 Å². The van der Waals surface area contributed by atoms with Crippen LogP contribution in [0.25, 0.3) is 56.7 Å². The molecule has 0 unspecified atom stereocenters. The van der Waals surface area contributed by atoms with E-state index in [-0.39, 0.29) is 0 Å². The zero-order valence-corrected chi connectivity index (χ0v) is 32.2. The van der Waals surface area contributed by atoms with Gasteiger partial charge in [0.1, 0.15) is 5.75 Å². The number of benzene rings is 9. The molecule has 0 radical (unpaired) electrons. The van der Waals surface area contributed by atoms with Crippen LogP contribution < -0.4 is 9.64 Å². The molecule has 9 aromatic rings. The number of anilines is 3. The SMILES string of the molecule is C1=Cc2ccccc2C2(c3ccccc31)c1ccccc1-c1ccc(N(c3ccc(-c4ccccc4)cc3)c3cccc4c3Oc3ccccc3-c3ccccc3-4)cc12. The smallest absolute Gasteiger partial charge is 0.159 e. The Morgan fingerprint density at radius 2 is 0.864 bits per heavy atom. The van der Waals surface area contributed by atoms with Crippen LogP contribution in [0, 0.1) is 0 Å². The second-order valence-electron chi connectivity index (χ2n) is 15.6. The van der Waals surface area contributed by atoms with Crippen LogP contribution in [0.1, 0.15) is 33.4 Å². The topological polar surface area (TPSA) is 12.5 Å². The summed E-state index contributed by atoms with van der Waals surface area (Å²) in [7, 11) is 0. The summed E-state index contributed by atoms with van der Waals surface area (Å²) in [5.74, 6) is 1.66. The maximum Gasteiger partial charge on any atom is 0.159 e. The molecule has 9 aromatic carbocycles. The van der Waals surface area contributed by atoms with Crippen molar-refractivity contribution in [3.8, 4) is 56.0 Å². The minimum absolute atomic E-state index is 0.552. The molecule has 0 fully saturated rings. The molecule has 2 aliphatic carbocycles. The molecule has 1 spiro atoms. The van der Waals surface area contributed by atoms with Gasteiger partial charge in [-0.25, -0.2) is 0 Å². The van der Waals surface area contributed by atoms with Crippen LogP contribution in [-0.4, -0.2) is 0 Å². The summed E-state index contributed by atoms with van der Waals surface area (Å²) in [5, 5.41) is 0. The van der Waals surface area contributed by atoms with E-state index in [1.54, 1.807) is 0 Å². The summed E-state index contributed by atoms with van der Waals surface area (Å²) in [6, 6.07) is 77.2. The van der Waals surface area contributed by atoms with Crippen molar-refractivity contribution < 1.29 is 4.74 Å². The fourth-order valence-electron chi connectivity index (χ4n) is 10.0. The maximum atomic E-state index is 7.15. The summed E-state index contributed by atoms with van der Waals surface area (Å²) < 4.78 is 7.15.